The maximum atomic E-state index is 13.9. The number of ether oxygens (including phenoxy) is 2. The summed E-state index contributed by atoms with van der Waals surface area (Å²) in [5.41, 5.74) is 4.32. The first-order valence-corrected chi connectivity index (χ1v) is 23.7. The number of carbonyl (C=O) groups is 1. The SMILES string of the molecule is O=C(NS(=O)(=O)c1cnc(NCC2CCOCC2)c([N+](=O)[O-])c1)c1ccc(N2CCC3(CC2)CC(N2CCNC[C@@H]2c2ccccc2C2CC2)C3)cc1Oc1cnc2[nH]ccc2c1. The van der Waals surface area contributed by atoms with Crippen molar-refractivity contribution >= 4 is 44.2 Å². The predicted octanol–water partition coefficient (Wildman–Crippen LogP) is 6.89. The number of fused-ring (bicyclic) bond motifs is 1. The van der Waals surface area contributed by atoms with Crippen molar-refractivity contribution in [3.63, 3.8) is 0 Å². The van der Waals surface area contributed by atoms with Gasteiger partial charge in [-0.25, -0.2) is 23.1 Å². The number of sulfonamides is 1. The molecule has 3 aliphatic heterocycles. The number of piperazine rings is 1. The molecule has 2 aliphatic carbocycles. The van der Waals surface area contributed by atoms with Crippen molar-refractivity contribution in [3.8, 4) is 11.5 Å². The maximum absolute atomic E-state index is 13.9. The number of aromatic amines is 1. The van der Waals surface area contributed by atoms with Gasteiger partial charge in [-0.2, -0.15) is 0 Å². The lowest BCUT2D eigenvalue weighted by molar-refractivity contribution is -0.384. The number of aromatic nitrogens is 3. The van der Waals surface area contributed by atoms with E-state index in [-0.39, 0.29) is 23.0 Å². The van der Waals surface area contributed by atoms with Crippen LogP contribution >= 0.6 is 0 Å². The average Bonchev–Trinajstić information content (AvgIpc) is 4.04. The van der Waals surface area contributed by atoms with E-state index in [1.165, 1.54) is 43.0 Å². The Kier molecular flexibility index (Phi) is 11.3. The minimum atomic E-state index is -4.60. The van der Waals surface area contributed by atoms with Crippen LogP contribution in [0.15, 0.2) is 84.1 Å². The Hall–Kier alpha value is -5.62. The number of hydrogen-bond acceptors (Lipinski definition) is 13. The molecule has 2 saturated carbocycles. The van der Waals surface area contributed by atoms with Crippen molar-refractivity contribution in [3.05, 3.63) is 106 Å². The molecule has 3 saturated heterocycles. The number of pyridine rings is 2. The molecule has 5 aliphatic rings. The zero-order valence-electron chi connectivity index (χ0n) is 35.1. The molecular formula is C46H53N9O7S. The summed E-state index contributed by atoms with van der Waals surface area (Å²) in [6.07, 6.45) is 13.0. The number of nitrogens with zero attached hydrogens (tertiary/aromatic N) is 5. The zero-order chi connectivity index (χ0) is 43.1. The summed E-state index contributed by atoms with van der Waals surface area (Å²) in [6.45, 7) is 6.39. The maximum Gasteiger partial charge on any atom is 0.312 e. The molecule has 63 heavy (non-hydrogen) atoms. The van der Waals surface area contributed by atoms with E-state index in [0.717, 1.165) is 81.7 Å². The predicted molar refractivity (Wildman–Crippen MR) is 238 cm³/mol. The topological polar surface area (TPSA) is 197 Å². The Bertz CT molecular complexity index is 2610. The second-order valence-corrected chi connectivity index (χ2v) is 19.6. The number of hydrogen-bond donors (Lipinski definition) is 4. The molecule has 0 unspecified atom stereocenters. The van der Waals surface area contributed by atoms with Gasteiger partial charge in [0.1, 0.15) is 22.0 Å². The van der Waals surface area contributed by atoms with Crippen molar-refractivity contribution in [1.82, 2.24) is 29.9 Å². The summed E-state index contributed by atoms with van der Waals surface area (Å²) in [6, 6.07) is 19.8. The Labute approximate surface area is 366 Å². The number of nitro groups is 1. The molecule has 1 atom stereocenters. The van der Waals surface area contributed by atoms with E-state index in [9.17, 15) is 23.3 Å². The van der Waals surface area contributed by atoms with Gasteiger partial charge in [-0.15, -0.1) is 0 Å². The highest BCUT2D eigenvalue weighted by Gasteiger charge is 2.50. The number of amides is 1. The third-order valence-corrected chi connectivity index (χ3v) is 15.2. The van der Waals surface area contributed by atoms with Gasteiger partial charge in [-0.3, -0.25) is 19.8 Å². The number of anilines is 2. The molecule has 10 rings (SSSR count). The molecule has 5 aromatic rings. The molecule has 6 heterocycles. The number of rotatable bonds is 13. The third kappa shape index (κ3) is 8.71. The van der Waals surface area contributed by atoms with Crippen molar-refractivity contribution in [2.75, 3.05) is 62.7 Å². The summed E-state index contributed by atoms with van der Waals surface area (Å²) < 4.78 is 41.2. The highest BCUT2D eigenvalue weighted by atomic mass is 32.2. The van der Waals surface area contributed by atoms with E-state index in [1.54, 1.807) is 24.4 Å². The van der Waals surface area contributed by atoms with E-state index in [0.29, 0.717) is 54.6 Å². The zero-order valence-corrected chi connectivity index (χ0v) is 35.9. The van der Waals surface area contributed by atoms with Crippen LogP contribution in [0.4, 0.5) is 17.2 Å². The highest BCUT2D eigenvalue weighted by Crippen LogP contribution is 2.53. The minimum Gasteiger partial charge on any atom is -0.455 e. The lowest BCUT2D eigenvalue weighted by atomic mass is 9.59. The smallest absolute Gasteiger partial charge is 0.312 e. The van der Waals surface area contributed by atoms with Crippen molar-refractivity contribution < 1.29 is 27.6 Å². The summed E-state index contributed by atoms with van der Waals surface area (Å²) in [7, 11) is -4.60. The average molecular weight is 876 g/mol. The van der Waals surface area contributed by atoms with Crippen LogP contribution in [0.2, 0.25) is 0 Å². The number of carbonyl (C=O) groups excluding carboxylic acids is 1. The summed E-state index contributed by atoms with van der Waals surface area (Å²) in [4.78, 5) is 41.5. The van der Waals surface area contributed by atoms with E-state index < -0.39 is 31.4 Å². The lowest BCUT2D eigenvalue weighted by Gasteiger charge is -2.57. The molecule has 4 N–H and O–H groups in total. The standard InChI is InChI=1S/C46H53N9O7S/c56-45(52-63(59,60)36-23-40(55(57)58)44(51-28-36)49-26-30-10-19-61-20-11-30)39-8-7-33(22-42(39)62-35-21-32-9-14-48-43(32)50-27-35)53-16-12-46(13-17-53)24-34(25-46)54-18-15-47-29-41(54)38-4-2-1-3-37(38)31-5-6-31/h1-4,7-9,14,21-23,27-28,30-31,34,41,47H,5-6,10-13,15-20,24-26,29H2,(H,48,50)(H,49,51)(H,52,56)/t41-/m1/s1. The van der Waals surface area contributed by atoms with E-state index >= 15 is 0 Å². The van der Waals surface area contributed by atoms with E-state index in [2.05, 4.69) is 64.4 Å². The van der Waals surface area contributed by atoms with Crippen LogP contribution in [0, 0.1) is 21.4 Å². The summed E-state index contributed by atoms with van der Waals surface area (Å²) in [5.74, 6) is 0.463. The normalized spacial score (nSPS) is 21.0. The quantitative estimate of drug-likeness (QED) is 0.0706. The molecule has 1 amide bonds. The molecule has 0 bridgehead atoms. The summed E-state index contributed by atoms with van der Waals surface area (Å²) >= 11 is 0. The number of H-pyrrole nitrogens is 1. The van der Waals surface area contributed by atoms with Gasteiger partial charge >= 0.3 is 5.69 Å². The number of nitrogens with one attached hydrogen (secondary N) is 4. The Morgan fingerprint density at radius 2 is 1.76 bits per heavy atom. The minimum absolute atomic E-state index is 0.0298. The Morgan fingerprint density at radius 3 is 2.54 bits per heavy atom. The van der Waals surface area contributed by atoms with Crippen LogP contribution in [0.1, 0.15) is 84.8 Å². The molecule has 17 heteroatoms. The first-order chi connectivity index (χ1) is 30.6. The summed E-state index contributed by atoms with van der Waals surface area (Å²) in [5, 5.41) is 19.5. The van der Waals surface area contributed by atoms with Crippen LogP contribution in [0.5, 0.6) is 11.5 Å². The van der Waals surface area contributed by atoms with E-state index in [4.69, 9.17) is 9.47 Å². The molecule has 0 radical (unpaired) electrons. The van der Waals surface area contributed by atoms with Gasteiger partial charge in [0.25, 0.3) is 15.9 Å². The first-order valence-electron chi connectivity index (χ1n) is 22.2. The number of piperidine rings is 1. The van der Waals surface area contributed by atoms with Crippen LogP contribution in [-0.2, 0) is 14.8 Å². The van der Waals surface area contributed by atoms with Gasteiger partial charge in [0.2, 0.25) is 5.82 Å². The van der Waals surface area contributed by atoms with Crippen molar-refractivity contribution in [2.24, 2.45) is 11.3 Å². The fourth-order valence-corrected chi connectivity index (χ4v) is 11.1. The van der Waals surface area contributed by atoms with Gasteiger partial charge in [-0.1, -0.05) is 24.3 Å². The molecular weight excluding hydrogens is 823 g/mol. The molecule has 5 fully saturated rings. The second-order valence-electron chi connectivity index (χ2n) is 17.9. The van der Waals surface area contributed by atoms with Gasteiger partial charge in [0, 0.05) is 94.0 Å². The fourth-order valence-electron chi connectivity index (χ4n) is 10.2. The molecule has 2 aromatic carbocycles. The van der Waals surface area contributed by atoms with Crippen molar-refractivity contribution in [2.45, 2.75) is 74.3 Å². The third-order valence-electron chi connectivity index (χ3n) is 13.9. The monoisotopic (exact) mass is 875 g/mol. The number of benzene rings is 2. The van der Waals surface area contributed by atoms with Crippen LogP contribution in [-0.4, -0.2) is 97.6 Å². The van der Waals surface area contributed by atoms with Gasteiger partial charge in [-0.05, 0) is 104 Å². The Balaban J connectivity index is 0.843. The molecule has 16 nitrogen and oxygen atoms in total. The fraction of sp³-hybridized carbons (Fsp3) is 0.457. The van der Waals surface area contributed by atoms with Gasteiger partial charge in [0.15, 0.2) is 0 Å². The largest absolute Gasteiger partial charge is 0.455 e. The molecule has 3 aromatic heterocycles. The molecule has 1 spiro atoms. The first kappa shape index (κ1) is 41.4. The van der Waals surface area contributed by atoms with E-state index in [1.807, 2.05) is 12.1 Å². The highest BCUT2D eigenvalue weighted by molar-refractivity contribution is 7.90. The lowest BCUT2D eigenvalue weighted by Crippen LogP contribution is -2.59. The van der Waals surface area contributed by atoms with Gasteiger partial charge in [0.05, 0.1) is 22.9 Å². The second kappa shape index (κ2) is 17.2. The van der Waals surface area contributed by atoms with Crippen molar-refractivity contribution in [1.29, 1.82) is 0 Å². The Morgan fingerprint density at radius 1 is 0.968 bits per heavy atom. The van der Waals surface area contributed by atoms with Crippen LogP contribution in [0.3, 0.4) is 0 Å². The van der Waals surface area contributed by atoms with Crippen LogP contribution < -0.4 is 25.0 Å². The van der Waals surface area contributed by atoms with Crippen LogP contribution in [0.25, 0.3) is 11.0 Å². The van der Waals surface area contributed by atoms with Gasteiger partial charge < -0.3 is 30.0 Å². The molecule has 330 valence electrons.